The zero-order chi connectivity index (χ0) is 12.4. The molecule has 2 aromatic rings. The number of nitrogens with zero attached hydrogens (tertiary/aromatic N) is 3. The summed E-state index contributed by atoms with van der Waals surface area (Å²) in [6.45, 7) is 2.38. The van der Waals surface area contributed by atoms with Crippen LogP contribution >= 0.6 is 0 Å². The first-order chi connectivity index (χ1) is 8.81. The third-order valence-electron chi connectivity index (χ3n) is 3.12. The Hall–Kier alpha value is -1.66. The average molecular weight is 249 g/mol. The maximum Gasteiger partial charge on any atom is 0.293 e. The molecular formula is C12H15N3O3. The van der Waals surface area contributed by atoms with Crippen molar-refractivity contribution < 1.29 is 14.0 Å². The van der Waals surface area contributed by atoms with Crippen molar-refractivity contribution in [2.75, 3.05) is 13.1 Å². The zero-order valence-electron chi connectivity index (χ0n) is 9.95. The molecule has 1 aliphatic rings. The fraction of sp³-hybridized carbons (Fsp3) is 0.500. The first-order valence-electron chi connectivity index (χ1n) is 6.08. The molecule has 0 aliphatic carbocycles. The minimum absolute atomic E-state index is 0.162. The Balaban J connectivity index is 1.64. The predicted molar refractivity (Wildman–Crippen MR) is 62.5 cm³/mol. The molecule has 1 aliphatic heterocycles. The van der Waals surface area contributed by atoms with Crippen LogP contribution in [0.15, 0.2) is 27.3 Å². The van der Waals surface area contributed by atoms with Crippen molar-refractivity contribution in [2.24, 2.45) is 0 Å². The van der Waals surface area contributed by atoms with Crippen molar-refractivity contribution in [2.45, 2.75) is 25.5 Å². The monoisotopic (exact) mass is 249 g/mol. The third kappa shape index (κ3) is 2.44. The van der Waals surface area contributed by atoms with E-state index >= 15 is 0 Å². The van der Waals surface area contributed by atoms with Crippen LogP contribution < -0.4 is 0 Å². The quantitative estimate of drug-likeness (QED) is 0.883. The maximum atomic E-state index is 9.43. The number of hydrogen-bond donors (Lipinski definition) is 1. The van der Waals surface area contributed by atoms with Gasteiger partial charge in [-0.3, -0.25) is 4.90 Å². The standard InChI is InChI=1S/C12H15N3O3/c16-9-3-5-15(6-4-9)8-11-13-12(18-14-11)10-2-1-7-17-10/h1-2,7,9,16H,3-6,8H2. The van der Waals surface area contributed by atoms with Crippen LogP contribution in [0.25, 0.3) is 11.7 Å². The largest absolute Gasteiger partial charge is 0.459 e. The second-order valence-electron chi connectivity index (χ2n) is 4.50. The van der Waals surface area contributed by atoms with Crippen molar-refractivity contribution in [1.29, 1.82) is 0 Å². The molecule has 6 heteroatoms. The van der Waals surface area contributed by atoms with Crippen LogP contribution in [-0.2, 0) is 6.54 Å². The van der Waals surface area contributed by atoms with E-state index in [2.05, 4.69) is 15.0 Å². The van der Waals surface area contributed by atoms with Gasteiger partial charge in [0, 0.05) is 13.1 Å². The molecule has 96 valence electrons. The average Bonchev–Trinajstić information content (AvgIpc) is 3.02. The van der Waals surface area contributed by atoms with Crippen molar-refractivity contribution in [3.63, 3.8) is 0 Å². The summed E-state index contributed by atoms with van der Waals surface area (Å²) < 4.78 is 10.3. The lowest BCUT2D eigenvalue weighted by Crippen LogP contribution is -2.35. The van der Waals surface area contributed by atoms with Gasteiger partial charge in [-0.15, -0.1) is 0 Å². The molecule has 0 atom stereocenters. The molecule has 0 amide bonds. The summed E-state index contributed by atoms with van der Waals surface area (Å²) in [5.74, 6) is 1.65. The molecule has 0 unspecified atom stereocenters. The number of furan rings is 1. The molecule has 0 aromatic carbocycles. The van der Waals surface area contributed by atoms with E-state index in [1.807, 2.05) is 0 Å². The smallest absolute Gasteiger partial charge is 0.293 e. The van der Waals surface area contributed by atoms with Gasteiger partial charge in [-0.25, -0.2) is 0 Å². The highest BCUT2D eigenvalue weighted by Gasteiger charge is 2.19. The Morgan fingerprint density at radius 1 is 1.39 bits per heavy atom. The van der Waals surface area contributed by atoms with Gasteiger partial charge in [-0.1, -0.05) is 5.16 Å². The van der Waals surface area contributed by atoms with Crippen molar-refractivity contribution >= 4 is 0 Å². The first kappa shape index (κ1) is 11.4. The Morgan fingerprint density at radius 3 is 2.94 bits per heavy atom. The van der Waals surface area contributed by atoms with Crippen LogP contribution in [0.5, 0.6) is 0 Å². The van der Waals surface area contributed by atoms with Gasteiger partial charge in [0.05, 0.1) is 18.9 Å². The number of aromatic nitrogens is 2. The molecule has 3 rings (SSSR count). The molecule has 0 spiro atoms. The summed E-state index contributed by atoms with van der Waals surface area (Å²) >= 11 is 0. The molecular weight excluding hydrogens is 234 g/mol. The maximum absolute atomic E-state index is 9.43. The van der Waals surface area contributed by atoms with Crippen LogP contribution in [0.4, 0.5) is 0 Å². The Labute approximate surface area is 104 Å². The van der Waals surface area contributed by atoms with Gasteiger partial charge in [-0.05, 0) is 25.0 Å². The molecule has 0 bridgehead atoms. The van der Waals surface area contributed by atoms with E-state index < -0.39 is 0 Å². The molecule has 1 fully saturated rings. The number of hydrogen-bond acceptors (Lipinski definition) is 6. The van der Waals surface area contributed by atoms with E-state index in [1.54, 1.807) is 18.4 Å². The lowest BCUT2D eigenvalue weighted by Gasteiger charge is -2.28. The molecule has 2 aromatic heterocycles. The van der Waals surface area contributed by atoms with Crippen LogP contribution in [0, 0.1) is 0 Å². The van der Waals surface area contributed by atoms with E-state index in [0.717, 1.165) is 25.9 Å². The van der Waals surface area contributed by atoms with Crippen LogP contribution in [0.2, 0.25) is 0 Å². The van der Waals surface area contributed by atoms with Crippen molar-refractivity contribution in [3.8, 4) is 11.7 Å². The summed E-state index contributed by atoms with van der Waals surface area (Å²) in [5, 5.41) is 13.4. The topological polar surface area (TPSA) is 75.5 Å². The van der Waals surface area contributed by atoms with Crippen LogP contribution in [0.1, 0.15) is 18.7 Å². The van der Waals surface area contributed by atoms with Gasteiger partial charge < -0.3 is 14.0 Å². The van der Waals surface area contributed by atoms with Gasteiger partial charge in [0.2, 0.25) is 0 Å². The molecule has 1 saturated heterocycles. The Bertz CT molecular complexity index is 486. The zero-order valence-corrected chi connectivity index (χ0v) is 9.95. The lowest BCUT2D eigenvalue weighted by molar-refractivity contribution is 0.0777. The number of rotatable bonds is 3. The van der Waals surface area contributed by atoms with Crippen LogP contribution in [-0.4, -0.2) is 39.3 Å². The van der Waals surface area contributed by atoms with E-state index in [0.29, 0.717) is 24.0 Å². The van der Waals surface area contributed by atoms with E-state index in [1.165, 1.54) is 0 Å². The van der Waals surface area contributed by atoms with Gasteiger partial charge in [0.25, 0.3) is 5.89 Å². The fourth-order valence-electron chi connectivity index (χ4n) is 2.10. The Morgan fingerprint density at radius 2 is 2.22 bits per heavy atom. The highest BCUT2D eigenvalue weighted by atomic mass is 16.5. The SMILES string of the molecule is OC1CCN(Cc2noc(-c3ccco3)n2)CC1. The minimum atomic E-state index is -0.162. The van der Waals surface area contributed by atoms with Gasteiger partial charge in [-0.2, -0.15) is 4.98 Å². The van der Waals surface area contributed by atoms with E-state index in [-0.39, 0.29) is 6.10 Å². The molecule has 18 heavy (non-hydrogen) atoms. The third-order valence-corrected chi connectivity index (χ3v) is 3.12. The molecule has 3 heterocycles. The van der Waals surface area contributed by atoms with Gasteiger partial charge >= 0.3 is 0 Å². The summed E-state index contributed by atoms with van der Waals surface area (Å²) in [4.78, 5) is 6.50. The minimum Gasteiger partial charge on any atom is -0.459 e. The summed E-state index contributed by atoms with van der Waals surface area (Å²) in [6, 6.07) is 3.57. The van der Waals surface area contributed by atoms with Crippen molar-refractivity contribution in [3.05, 3.63) is 24.2 Å². The normalized spacial score (nSPS) is 18.3. The Kier molecular flexibility index (Phi) is 3.12. The van der Waals surface area contributed by atoms with Gasteiger partial charge in [0.15, 0.2) is 11.6 Å². The van der Waals surface area contributed by atoms with E-state index in [9.17, 15) is 5.11 Å². The molecule has 1 N–H and O–H groups in total. The highest BCUT2D eigenvalue weighted by molar-refractivity contribution is 5.42. The molecule has 0 saturated carbocycles. The molecule has 6 nitrogen and oxygen atoms in total. The fourth-order valence-corrected chi connectivity index (χ4v) is 2.10. The van der Waals surface area contributed by atoms with E-state index in [4.69, 9.17) is 8.94 Å². The summed E-state index contributed by atoms with van der Waals surface area (Å²) in [5.41, 5.74) is 0. The van der Waals surface area contributed by atoms with Crippen molar-refractivity contribution in [1.82, 2.24) is 15.0 Å². The van der Waals surface area contributed by atoms with Crippen LogP contribution in [0.3, 0.4) is 0 Å². The predicted octanol–water partition coefficient (Wildman–Crippen LogP) is 1.29. The summed E-state index contributed by atoms with van der Waals surface area (Å²) in [7, 11) is 0. The number of piperidine rings is 1. The number of likely N-dealkylation sites (tertiary alicyclic amines) is 1. The number of aliphatic hydroxyl groups excluding tert-OH is 1. The van der Waals surface area contributed by atoms with Gasteiger partial charge in [0.1, 0.15) is 0 Å². The number of aliphatic hydroxyl groups is 1. The second kappa shape index (κ2) is 4.91. The highest BCUT2D eigenvalue weighted by Crippen LogP contribution is 2.18. The molecule has 0 radical (unpaired) electrons. The summed E-state index contributed by atoms with van der Waals surface area (Å²) in [6.07, 6.45) is 3.03. The lowest BCUT2D eigenvalue weighted by atomic mass is 10.1. The second-order valence-corrected chi connectivity index (χ2v) is 4.50. The first-order valence-corrected chi connectivity index (χ1v) is 6.08.